The SMILES string of the molecule is CN(C)c1ccc(NS(=O)(=O)c2ccc(NC(=O)[C@@](C)(O)C(F)(F)F)c(Cl)c2Cl)cc1. The number of halogens is 5. The zero-order valence-corrected chi connectivity index (χ0v) is 18.7. The molecule has 1 amide bonds. The number of anilines is 3. The molecule has 13 heteroatoms. The molecule has 0 unspecified atom stereocenters. The van der Waals surface area contributed by atoms with E-state index in [0.29, 0.717) is 0 Å². The number of hydrogen-bond acceptors (Lipinski definition) is 5. The number of nitrogens with one attached hydrogen (secondary N) is 2. The first-order chi connectivity index (χ1) is 14.1. The van der Waals surface area contributed by atoms with Crippen molar-refractivity contribution in [3.8, 4) is 0 Å². The normalized spacial score (nSPS) is 14.0. The molecule has 0 saturated heterocycles. The molecule has 31 heavy (non-hydrogen) atoms. The van der Waals surface area contributed by atoms with Crippen LogP contribution in [0.1, 0.15) is 6.92 Å². The van der Waals surface area contributed by atoms with Gasteiger partial charge in [0.05, 0.1) is 15.7 Å². The van der Waals surface area contributed by atoms with E-state index in [2.05, 4.69) is 4.72 Å². The van der Waals surface area contributed by atoms with Gasteiger partial charge in [0.1, 0.15) is 4.90 Å². The average Bonchev–Trinajstić information content (AvgIpc) is 2.64. The fourth-order valence-electron chi connectivity index (χ4n) is 2.25. The van der Waals surface area contributed by atoms with Crippen molar-refractivity contribution in [2.75, 3.05) is 29.0 Å². The van der Waals surface area contributed by atoms with Crippen LogP contribution in [0.15, 0.2) is 41.3 Å². The predicted octanol–water partition coefficient (Wildman–Crippen LogP) is 4.11. The van der Waals surface area contributed by atoms with Crippen molar-refractivity contribution in [3.05, 3.63) is 46.4 Å². The van der Waals surface area contributed by atoms with Crippen molar-refractivity contribution in [2.45, 2.75) is 23.6 Å². The topological polar surface area (TPSA) is 98.7 Å². The molecular weight excluding hydrogens is 482 g/mol. The molecule has 1 atom stereocenters. The lowest BCUT2D eigenvalue weighted by Crippen LogP contribution is -2.52. The lowest BCUT2D eigenvalue weighted by atomic mass is 10.1. The van der Waals surface area contributed by atoms with Crippen LogP contribution in [0.5, 0.6) is 0 Å². The highest BCUT2D eigenvalue weighted by Gasteiger charge is 2.55. The highest BCUT2D eigenvalue weighted by molar-refractivity contribution is 7.92. The van der Waals surface area contributed by atoms with Crippen LogP contribution in [0.2, 0.25) is 10.0 Å². The van der Waals surface area contributed by atoms with Gasteiger partial charge in [0, 0.05) is 25.5 Å². The minimum absolute atomic E-state index is 0.233. The molecule has 3 N–H and O–H groups in total. The maximum atomic E-state index is 12.8. The lowest BCUT2D eigenvalue weighted by Gasteiger charge is -2.25. The third-order valence-electron chi connectivity index (χ3n) is 4.21. The summed E-state index contributed by atoms with van der Waals surface area (Å²) in [6.45, 7) is 0.266. The van der Waals surface area contributed by atoms with Gasteiger partial charge in [-0.05, 0) is 43.3 Å². The first kappa shape index (κ1) is 25.1. The zero-order valence-electron chi connectivity index (χ0n) is 16.4. The summed E-state index contributed by atoms with van der Waals surface area (Å²) in [5.41, 5.74) is -3.04. The van der Waals surface area contributed by atoms with E-state index in [-0.39, 0.29) is 12.6 Å². The second-order valence-electron chi connectivity index (χ2n) is 6.81. The van der Waals surface area contributed by atoms with Crippen LogP contribution in [-0.4, -0.2) is 45.3 Å². The zero-order chi connectivity index (χ0) is 23.8. The first-order valence-electron chi connectivity index (χ1n) is 8.46. The van der Waals surface area contributed by atoms with Gasteiger partial charge < -0.3 is 15.3 Å². The van der Waals surface area contributed by atoms with Gasteiger partial charge in [0.2, 0.25) is 5.60 Å². The summed E-state index contributed by atoms with van der Waals surface area (Å²) in [7, 11) is -0.589. The van der Waals surface area contributed by atoms with Crippen molar-refractivity contribution < 1.29 is 31.5 Å². The van der Waals surface area contributed by atoms with Crippen LogP contribution in [0.3, 0.4) is 0 Å². The molecule has 2 aromatic carbocycles. The molecule has 0 aliphatic carbocycles. The van der Waals surface area contributed by atoms with Gasteiger partial charge in [0.15, 0.2) is 0 Å². The Hall–Kier alpha value is -2.21. The first-order valence-corrected chi connectivity index (χ1v) is 10.7. The van der Waals surface area contributed by atoms with E-state index >= 15 is 0 Å². The molecule has 7 nitrogen and oxygen atoms in total. The smallest absolute Gasteiger partial charge is 0.378 e. The van der Waals surface area contributed by atoms with Gasteiger partial charge in [-0.3, -0.25) is 9.52 Å². The van der Waals surface area contributed by atoms with Crippen LogP contribution in [-0.2, 0) is 14.8 Å². The largest absolute Gasteiger partial charge is 0.426 e. The van der Waals surface area contributed by atoms with E-state index < -0.39 is 48.3 Å². The molecule has 0 bridgehead atoms. The minimum Gasteiger partial charge on any atom is -0.378 e. The Bertz CT molecular complexity index is 1090. The number of aliphatic hydroxyl groups is 1. The Morgan fingerprint density at radius 2 is 1.58 bits per heavy atom. The van der Waals surface area contributed by atoms with Gasteiger partial charge in [-0.15, -0.1) is 0 Å². The Kier molecular flexibility index (Phi) is 7.06. The Labute approximate surface area is 186 Å². The van der Waals surface area contributed by atoms with Gasteiger partial charge in [-0.25, -0.2) is 8.42 Å². The monoisotopic (exact) mass is 499 g/mol. The van der Waals surface area contributed by atoms with Gasteiger partial charge >= 0.3 is 6.18 Å². The van der Waals surface area contributed by atoms with Crippen molar-refractivity contribution in [3.63, 3.8) is 0 Å². The average molecular weight is 500 g/mol. The molecule has 0 saturated carbocycles. The van der Waals surface area contributed by atoms with E-state index in [1.165, 1.54) is 12.1 Å². The fraction of sp³-hybridized carbons (Fsp3) is 0.278. The molecule has 2 rings (SSSR count). The number of benzene rings is 2. The molecule has 0 spiro atoms. The maximum Gasteiger partial charge on any atom is 0.426 e. The summed E-state index contributed by atoms with van der Waals surface area (Å²) in [5.74, 6) is -1.81. The second kappa shape index (κ2) is 8.73. The van der Waals surface area contributed by atoms with Gasteiger partial charge in [-0.1, -0.05) is 23.2 Å². The minimum atomic E-state index is -5.25. The van der Waals surface area contributed by atoms with Crippen LogP contribution < -0.4 is 14.9 Å². The summed E-state index contributed by atoms with van der Waals surface area (Å²) in [6.07, 6.45) is -5.25. The number of carbonyl (C=O) groups excluding carboxylic acids is 1. The highest BCUT2D eigenvalue weighted by atomic mass is 35.5. The van der Waals surface area contributed by atoms with Crippen LogP contribution in [0.4, 0.5) is 30.2 Å². The van der Waals surface area contributed by atoms with Crippen molar-refractivity contribution in [1.29, 1.82) is 0 Å². The Morgan fingerprint density at radius 3 is 2.06 bits per heavy atom. The Morgan fingerprint density at radius 1 is 1.03 bits per heavy atom. The van der Waals surface area contributed by atoms with Gasteiger partial charge in [0.25, 0.3) is 15.9 Å². The molecule has 0 fully saturated rings. The van der Waals surface area contributed by atoms with E-state index in [0.717, 1.165) is 17.8 Å². The molecule has 0 heterocycles. The summed E-state index contributed by atoms with van der Waals surface area (Å²) in [4.78, 5) is 13.2. The molecule has 170 valence electrons. The third kappa shape index (κ3) is 5.35. The second-order valence-corrected chi connectivity index (χ2v) is 9.22. The summed E-state index contributed by atoms with van der Waals surface area (Å²) < 4.78 is 66.1. The quantitative estimate of drug-likeness (QED) is 0.555. The highest BCUT2D eigenvalue weighted by Crippen LogP contribution is 2.37. The maximum absolute atomic E-state index is 12.8. The number of nitrogens with zero attached hydrogens (tertiary/aromatic N) is 1. The molecule has 2 aromatic rings. The fourth-order valence-corrected chi connectivity index (χ4v) is 4.13. The number of rotatable bonds is 6. The molecule has 0 aromatic heterocycles. The van der Waals surface area contributed by atoms with Gasteiger partial charge in [-0.2, -0.15) is 13.2 Å². The number of carbonyl (C=O) groups is 1. The molecule has 0 radical (unpaired) electrons. The van der Waals surface area contributed by atoms with E-state index in [1.807, 2.05) is 19.0 Å². The number of hydrogen-bond donors (Lipinski definition) is 3. The van der Waals surface area contributed by atoms with Crippen LogP contribution in [0, 0.1) is 0 Å². The van der Waals surface area contributed by atoms with E-state index in [1.54, 1.807) is 17.4 Å². The van der Waals surface area contributed by atoms with Crippen molar-refractivity contribution >= 4 is 56.2 Å². The summed E-state index contributed by atoms with van der Waals surface area (Å²) in [5, 5.41) is 10.2. The lowest BCUT2D eigenvalue weighted by molar-refractivity contribution is -0.242. The third-order valence-corrected chi connectivity index (χ3v) is 6.63. The van der Waals surface area contributed by atoms with Crippen LogP contribution in [0.25, 0.3) is 0 Å². The van der Waals surface area contributed by atoms with Crippen LogP contribution >= 0.6 is 23.2 Å². The number of alkyl halides is 3. The molecular formula is C18H18Cl2F3N3O4S. The summed E-state index contributed by atoms with van der Waals surface area (Å²) in [6, 6.07) is 8.33. The standard InChI is InChI=1S/C18H18Cl2F3N3O4S/c1-17(28,18(21,22)23)16(27)24-12-8-9-13(15(20)14(12)19)31(29,30)25-10-4-6-11(7-5-10)26(2)3/h4-9,25,28H,1-3H3,(H,24,27)/t17-/m1/s1. The van der Waals surface area contributed by atoms with Crippen molar-refractivity contribution in [1.82, 2.24) is 0 Å². The molecule has 0 aliphatic heterocycles. The van der Waals surface area contributed by atoms with E-state index in [9.17, 15) is 31.5 Å². The number of sulfonamides is 1. The predicted molar refractivity (Wildman–Crippen MR) is 113 cm³/mol. The van der Waals surface area contributed by atoms with Crippen molar-refractivity contribution in [2.24, 2.45) is 0 Å². The van der Waals surface area contributed by atoms with E-state index in [4.69, 9.17) is 23.2 Å². The molecule has 0 aliphatic rings. The number of amides is 1. The summed E-state index contributed by atoms with van der Waals surface area (Å²) >= 11 is 12.0. The Balaban J connectivity index is 2.31.